The largest absolute Gasteiger partial charge is 0.395 e. The molecule has 1 aliphatic rings. The van der Waals surface area contributed by atoms with Crippen LogP contribution in [-0.2, 0) is 0 Å². The second-order valence-corrected chi connectivity index (χ2v) is 5.30. The van der Waals surface area contributed by atoms with E-state index in [2.05, 4.69) is 26.1 Å². The van der Waals surface area contributed by atoms with Gasteiger partial charge in [0.15, 0.2) is 0 Å². The Labute approximate surface area is 94.5 Å². The van der Waals surface area contributed by atoms with Gasteiger partial charge in [-0.3, -0.25) is 0 Å². The lowest BCUT2D eigenvalue weighted by atomic mass is 9.86. The van der Waals surface area contributed by atoms with Gasteiger partial charge in [0.05, 0.1) is 6.61 Å². The Bertz CT molecular complexity index is 164. The van der Waals surface area contributed by atoms with Crippen LogP contribution < -0.4 is 5.32 Å². The maximum atomic E-state index is 9.35. The van der Waals surface area contributed by atoms with Crippen molar-refractivity contribution in [2.75, 3.05) is 6.61 Å². The second kappa shape index (κ2) is 6.49. The van der Waals surface area contributed by atoms with Gasteiger partial charge < -0.3 is 10.4 Å². The molecule has 2 heteroatoms. The van der Waals surface area contributed by atoms with E-state index in [9.17, 15) is 5.11 Å². The molecule has 0 saturated heterocycles. The van der Waals surface area contributed by atoms with Crippen LogP contribution in [0.1, 0.15) is 52.9 Å². The van der Waals surface area contributed by atoms with E-state index >= 15 is 0 Å². The van der Waals surface area contributed by atoms with Crippen molar-refractivity contribution in [3.05, 3.63) is 0 Å². The molecule has 0 bridgehead atoms. The van der Waals surface area contributed by atoms with Gasteiger partial charge in [-0.25, -0.2) is 0 Å². The number of aliphatic hydroxyl groups excluding tert-OH is 1. The molecule has 2 atom stereocenters. The van der Waals surface area contributed by atoms with Crippen molar-refractivity contribution in [2.45, 2.75) is 65.0 Å². The van der Waals surface area contributed by atoms with E-state index in [4.69, 9.17) is 0 Å². The highest BCUT2D eigenvalue weighted by Gasteiger charge is 2.22. The summed E-state index contributed by atoms with van der Waals surface area (Å²) in [6, 6.07) is 0.945. The van der Waals surface area contributed by atoms with Crippen molar-refractivity contribution >= 4 is 0 Å². The van der Waals surface area contributed by atoms with E-state index in [1.165, 1.54) is 25.7 Å². The molecule has 90 valence electrons. The highest BCUT2D eigenvalue weighted by Crippen LogP contribution is 2.24. The lowest BCUT2D eigenvalue weighted by Crippen LogP contribution is -2.45. The summed E-state index contributed by atoms with van der Waals surface area (Å²) < 4.78 is 0. The minimum atomic E-state index is 0.279. The second-order valence-electron chi connectivity index (χ2n) is 5.30. The van der Waals surface area contributed by atoms with Crippen LogP contribution in [0.3, 0.4) is 0 Å². The summed E-state index contributed by atoms with van der Waals surface area (Å²) in [7, 11) is 0. The molecule has 0 heterocycles. The molecule has 0 aromatic heterocycles. The van der Waals surface area contributed by atoms with Gasteiger partial charge in [-0.1, -0.05) is 27.2 Å². The minimum Gasteiger partial charge on any atom is -0.395 e. The van der Waals surface area contributed by atoms with Crippen molar-refractivity contribution in [1.29, 1.82) is 0 Å². The van der Waals surface area contributed by atoms with Gasteiger partial charge in [0.1, 0.15) is 0 Å². The smallest absolute Gasteiger partial charge is 0.0587 e. The summed E-state index contributed by atoms with van der Waals surface area (Å²) in [5.41, 5.74) is 0. The Morgan fingerprint density at radius 2 is 1.87 bits per heavy atom. The number of hydrogen-bond donors (Lipinski definition) is 2. The highest BCUT2D eigenvalue weighted by atomic mass is 16.3. The van der Waals surface area contributed by atoms with Crippen LogP contribution in [0, 0.1) is 11.8 Å². The van der Waals surface area contributed by atoms with Crippen molar-refractivity contribution in [3.63, 3.8) is 0 Å². The van der Waals surface area contributed by atoms with Crippen molar-refractivity contribution < 1.29 is 5.11 Å². The van der Waals surface area contributed by atoms with Crippen LogP contribution >= 0.6 is 0 Å². The van der Waals surface area contributed by atoms with Gasteiger partial charge in [-0.15, -0.1) is 0 Å². The van der Waals surface area contributed by atoms with Crippen molar-refractivity contribution in [1.82, 2.24) is 5.32 Å². The van der Waals surface area contributed by atoms with E-state index in [1.807, 2.05) is 0 Å². The van der Waals surface area contributed by atoms with E-state index in [1.54, 1.807) is 0 Å². The molecular weight excluding hydrogens is 186 g/mol. The fraction of sp³-hybridized carbons (Fsp3) is 1.00. The third-order valence-corrected chi connectivity index (χ3v) is 3.99. The molecule has 1 fully saturated rings. The summed E-state index contributed by atoms with van der Waals surface area (Å²) in [5, 5.41) is 13.0. The van der Waals surface area contributed by atoms with Gasteiger partial charge in [0.2, 0.25) is 0 Å². The molecule has 1 rings (SSSR count). The zero-order valence-electron chi connectivity index (χ0n) is 10.5. The number of nitrogens with one attached hydrogen (secondary N) is 1. The average molecular weight is 213 g/mol. The van der Waals surface area contributed by atoms with Gasteiger partial charge in [0.25, 0.3) is 0 Å². The molecule has 0 aromatic rings. The SMILES string of the molecule is CCC(C)C(CO)NC1CCC(C)CC1. The lowest BCUT2D eigenvalue weighted by Gasteiger charge is -2.32. The first kappa shape index (κ1) is 13.0. The number of rotatable bonds is 5. The van der Waals surface area contributed by atoms with Gasteiger partial charge in [-0.2, -0.15) is 0 Å². The third-order valence-electron chi connectivity index (χ3n) is 3.99. The van der Waals surface area contributed by atoms with Crippen LogP contribution in [0.2, 0.25) is 0 Å². The van der Waals surface area contributed by atoms with Crippen LogP contribution in [0.15, 0.2) is 0 Å². The first-order valence-corrected chi connectivity index (χ1v) is 6.54. The third kappa shape index (κ3) is 4.12. The number of hydrogen-bond acceptors (Lipinski definition) is 2. The van der Waals surface area contributed by atoms with Crippen LogP contribution in [0.5, 0.6) is 0 Å². The van der Waals surface area contributed by atoms with E-state index in [0.29, 0.717) is 18.0 Å². The molecule has 15 heavy (non-hydrogen) atoms. The van der Waals surface area contributed by atoms with E-state index in [0.717, 1.165) is 12.3 Å². The van der Waals surface area contributed by atoms with Crippen LogP contribution in [-0.4, -0.2) is 23.8 Å². The van der Waals surface area contributed by atoms with Crippen LogP contribution in [0.4, 0.5) is 0 Å². The Kier molecular flexibility index (Phi) is 5.62. The molecule has 0 aromatic carbocycles. The molecule has 0 radical (unpaired) electrons. The maximum Gasteiger partial charge on any atom is 0.0587 e. The Hall–Kier alpha value is -0.0800. The molecule has 2 N–H and O–H groups in total. The highest BCUT2D eigenvalue weighted by molar-refractivity contribution is 4.81. The average Bonchev–Trinajstić information content (AvgIpc) is 2.27. The zero-order valence-corrected chi connectivity index (χ0v) is 10.5. The predicted octanol–water partition coefficient (Wildman–Crippen LogP) is 2.56. The fourth-order valence-corrected chi connectivity index (χ4v) is 2.41. The zero-order chi connectivity index (χ0) is 11.3. The van der Waals surface area contributed by atoms with Gasteiger partial charge in [0, 0.05) is 12.1 Å². The molecule has 2 unspecified atom stereocenters. The molecule has 1 saturated carbocycles. The fourth-order valence-electron chi connectivity index (χ4n) is 2.41. The number of aliphatic hydroxyl groups is 1. The van der Waals surface area contributed by atoms with Crippen LogP contribution in [0.25, 0.3) is 0 Å². The molecule has 0 spiro atoms. The van der Waals surface area contributed by atoms with Gasteiger partial charge >= 0.3 is 0 Å². The summed E-state index contributed by atoms with van der Waals surface area (Å²) in [4.78, 5) is 0. The molecular formula is C13H27NO. The quantitative estimate of drug-likeness (QED) is 0.735. The Balaban J connectivity index is 2.32. The summed E-state index contributed by atoms with van der Waals surface area (Å²) in [5.74, 6) is 1.48. The molecule has 0 amide bonds. The summed E-state index contributed by atoms with van der Waals surface area (Å²) in [6.07, 6.45) is 6.40. The van der Waals surface area contributed by atoms with E-state index < -0.39 is 0 Å². The lowest BCUT2D eigenvalue weighted by molar-refractivity contribution is 0.174. The van der Waals surface area contributed by atoms with Crippen molar-refractivity contribution in [3.8, 4) is 0 Å². The molecule has 0 aliphatic heterocycles. The Morgan fingerprint density at radius 3 is 2.33 bits per heavy atom. The van der Waals surface area contributed by atoms with E-state index in [-0.39, 0.29) is 6.61 Å². The summed E-state index contributed by atoms with van der Waals surface area (Å²) >= 11 is 0. The summed E-state index contributed by atoms with van der Waals surface area (Å²) in [6.45, 7) is 7.03. The Morgan fingerprint density at radius 1 is 1.27 bits per heavy atom. The minimum absolute atomic E-state index is 0.279. The first-order chi connectivity index (χ1) is 7.17. The van der Waals surface area contributed by atoms with Gasteiger partial charge in [-0.05, 0) is 37.5 Å². The standard InChI is InChI=1S/C13H27NO/c1-4-11(3)13(9-15)14-12-7-5-10(2)6-8-12/h10-15H,4-9H2,1-3H3. The topological polar surface area (TPSA) is 32.3 Å². The predicted molar refractivity (Wildman–Crippen MR) is 64.9 cm³/mol. The normalized spacial score (nSPS) is 31.2. The monoisotopic (exact) mass is 213 g/mol. The van der Waals surface area contributed by atoms with Crippen molar-refractivity contribution in [2.24, 2.45) is 11.8 Å². The molecule has 2 nitrogen and oxygen atoms in total. The first-order valence-electron chi connectivity index (χ1n) is 6.54. The maximum absolute atomic E-state index is 9.35. The molecule has 1 aliphatic carbocycles.